The molecular weight excluding hydrogens is 652 g/mol. The SMILES string of the molecule is COC(=O)[C@@H]1CC(=O)N(C)CC/C=C\[C@H](O[Si](C)(C)C(C)(C)C)[C@@H]2CC[C@H]2CN2C[C@@]3(CCCc4cc(Cl)ccc43)COc3ccc1cc32. The Bertz CT molecular complexity index is 1590. The van der Waals surface area contributed by atoms with Crippen molar-refractivity contribution >= 4 is 37.5 Å². The molecule has 2 aromatic carbocycles. The summed E-state index contributed by atoms with van der Waals surface area (Å²) in [5, 5.41) is 0.870. The Morgan fingerprint density at radius 1 is 1.12 bits per heavy atom. The highest BCUT2D eigenvalue weighted by Gasteiger charge is 2.47. The molecule has 7 nitrogen and oxygen atoms in total. The number of carbonyl (C=O) groups excluding carboxylic acids is 2. The fourth-order valence-electron chi connectivity index (χ4n) is 8.10. The number of nitrogens with zero attached hydrogens (tertiary/aromatic N) is 2. The molecule has 2 bridgehead atoms. The van der Waals surface area contributed by atoms with Gasteiger partial charge >= 0.3 is 5.97 Å². The third-order valence-corrected chi connectivity index (χ3v) is 17.0. The maximum absolute atomic E-state index is 13.5. The molecule has 0 N–H and O–H groups in total. The summed E-state index contributed by atoms with van der Waals surface area (Å²) in [5.74, 6) is 0.466. The minimum absolute atomic E-state index is 0.0257. The predicted octanol–water partition coefficient (Wildman–Crippen LogP) is 8.29. The molecule has 1 spiro atoms. The molecule has 1 saturated carbocycles. The van der Waals surface area contributed by atoms with Crippen LogP contribution in [0.25, 0.3) is 0 Å². The highest BCUT2D eigenvalue weighted by Crippen LogP contribution is 2.48. The van der Waals surface area contributed by atoms with E-state index in [2.05, 4.69) is 69.1 Å². The number of aryl methyl sites for hydroxylation is 1. The molecule has 266 valence electrons. The highest BCUT2D eigenvalue weighted by molar-refractivity contribution is 6.74. The van der Waals surface area contributed by atoms with Gasteiger partial charge in [0, 0.05) is 43.5 Å². The zero-order valence-electron chi connectivity index (χ0n) is 30.5. The number of hydrogen-bond acceptors (Lipinski definition) is 6. The quantitative estimate of drug-likeness (QED) is 0.182. The number of carbonyl (C=O) groups is 2. The van der Waals surface area contributed by atoms with Crippen LogP contribution in [0.5, 0.6) is 5.75 Å². The van der Waals surface area contributed by atoms with E-state index in [0.717, 1.165) is 73.6 Å². The van der Waals surface area contributed by atoms with Crippen LogP contribution in [-0.2, 0) is 30.6 Å². The van der Waals surface area contributed by atoms with Gasteiger partial charge in [-0.25, -0.2) is 0 Å². The van der Waals surface area contributed by atoms with Crippen LogP contribution in [0.4, 0.5) is 5.69 Å². The Balaban J connectivity index is 1.44. The van der Waals surface area contributed by atoms with E-state index < -0.39 is 20.2 Å². The first-order valence-electron chi connectivity index (χ1n) is 18.2. The number of methoxy groups -OCH3 is 1. The lowest BCUT2D eigenvalue weighted by atomic mass is 9.68. The Labute approximate surface area is 299 Å². The van der Waals surface area contributed by atoms with Gasteiger partial charge in [-0.3, -0.25) is 9.59 Å². The largest absolute Gasteiger partial charge is 0.490 e. The van der Waals surface area contributed by atoms with E-state index in [1.807, 2.05) is 25.2 Å². The molecule has 0 aromatic heterocycles. The van der Waals surface area contributed by atoms with E-state index in [1.54, 1.807) is 4.90 Å². The lowest BCUT2D eigenvalue weighted by Gasteiger charge is -2.48. The summed E-state index contributed by atoms with van der Waals surface area (Å²) >= 11 is 6.50. The van der Waals surface area contributed by atoms with Crippen molar-refractivity contribution in [3.05, 3.63) is 70.3 Å². The molecule has 2 aromatic rings. The number of benzene rings is 2. The van der Waals surface area contributed by atoms with Crippen molar-refractivity contribution in [2.24, 2.45) is 11.8 Å². The van der Waals surface area contributed by atoms with E-state index in [9.17, 15) is 9.59 Å². The molecule has 2 heterocycles. The lowest BCUT2D eigenvalue weighted by Crippen LogP contribution is -2.52. The minimum Gasteiger partial charge on any atom is -0.490 e. The molecule has 1 fully saturated rings. The molecule has 0 saturated heterocycles. The summed E-state index contributed by atoms with van der Waals surface area (Å²) in [6.07, 6.45) is 10.7. The number of ether oxygens (including phenoxy) is 2. The Morgan fingerprint density at radius 3 is 2.63 bits per heavy atom. The van der Waals surface area contributed by atoms with Crippen LogP contribution in [0, 0.1) is 11.8 Å². The molecule has 49 heavy (non-hydrogen) atoms. The standard InChI is InChI=1S/C40H55ClN2O5Si/c1-39(2,3)49(6,7)48-35-12-8-9-20-42(4)37(44)23-32(38(45)46-5)27-14-18-36-34(22-27)43(24-29-13-16-31(29)35)25-40(26-47-36)19-10-11-28-21-30(41)15-17-33(28)40/h8,12,14-15,17-18,21-22,29,31-32,35H,9-11,13,16,19-20,23-26H2,1-7H3/b12-8-/t29-,31+,32+,35-,40-/m0/s1. The Morgan fingerprint density at radius 2 is 1.92 bits per heavy atom. The predicted molar refractivity (Wildman–Crippen MR) is 199 cm³/mol. The zero-order chi connectivity index (χ0) is 35.1. The fraction of sp³-hybridized carbons (Fsp3) is 0.600. The monoisotopic (exact) mass is 706 g/mol. The number of fused-ring (bicyclic) bond motifs is 4. The average Bonchev–Trinajstić information content (AvgIpc) is 3.18. The zero-order valence-corrected chi connectivity index (χ0v) is 32.3. The summed E-state index contributed by atoms with van der Waals surface area (Å²) in [5.41, 5.74) is 4.21. The third-order valence-electron chi connectivity index (χ3n) is 12.3. The van der Waals surface area contributed by atoms with E-state index in [1.165, 1.54) is 18.2 Å². The molecule has 0 unspecified atom stereocenters. The second kappa shape index (κ2) is 14.1. The lowest BCUT2D eigenvalue weighted by molar-refractivity contribution is -0.145. The molecule has 2 aliphatic carbocycles. The maximum Gasteiger partial charge on any atom is 0.313 e. The van der Waals surface area contributed by atoms with Gasteiger partial charge in [0.2, 0.25) is 5.91 Å². The minimum atomic E-state index is -2.06. The first-order valence-corrected chi connectivity index (χ1v) is 21.5. The number of halogens is 1. The number of anilines is 1. The summed E-state index contributed by atoms with van der Waals surface area (Å²) in [7, 11) is 1.16. The second-order valence-corrected chi connectivity index (χ2v) is 21.7. The molecule has 0 radical (unpaired) electrons. The van der Waals surface area contributed by atoms with Crippen LogP contribution in [0.2, 0.25) is 23.2 Å². The van der Waals surface area contributed by atoms with Crippen LogP contribution >= 0.6 is 11.6 Å². The van der Waals surface area contributed by atoms with Gasteiger partial charge in [0.25, 0.3) is 0 Å². The van der Waals surface area contributed by atoms with Crippen molar-refractivity contribution in [2.75, 3.05) is 45.3 Å². The van der Waals surface area contributed by atoms with Gasteiger partial charge in [-0.05, 0) is 109 Å². The van der Waals surface area contributed by atoms with Gasteiger partial charge in [0.1, 0.15) is 5.75 Å². The van der Waals surface area contributed by atoms with Gasteiger partial charge in [0.15, 0.2) is 8.32 Å². The van der Waals surface area contributed by atoms with E-state index in [0.29, 0.717) is 25.0 Å². The molecule has 5 atom stereocenters. The normalized spacial score (nSPS) is 28.4. The van der Waals surface area contributed by atoms with Crippen molar-refractivity contribution < 1.29 is 23.5 Å². The number of hydrogen-bond donors (Lipinski definition) is 0. The highest BCUT2D eigenvalue weighted by atomic mass is 35.5. The molecule has 1 amide bonds. The summed E-state index contributed by atoms with van der Waals surface area (Å²) < 4.78 is 19.2. The van der Waals surface area contributed by atoms with Crippen LogP contribution in [0.3, 0.4) is 0 Å². The fourth-order valence-corrected chi connectivity index (χ4v) is 9.59. The summed E-state index contributed by atoms with van der Waals surface area (Å²) in [6, 6.07) is 12.4. The van der Waals surface area contributed by atoms with Crippen molar-refractivity contribution in [2.45, 2.75) is 101 Å². The molecular formula is C40H55ClN2O5Si. The van der Waals surface area contributed by atoms with Gasteiger partial charge in [-0.2, -0.15) is 0 Å². The molecule has 6 rings (SSSR count). The van der Waals surface area contributed by atoms with Crippen LogP contribution in [0.15, 0.2) is 48.6 Å². The van der Waals surface area contributed by atoms with Gasteiger partial charge in [0.05, 0.1) is 31.4 Å². The number of rotatable bonds is 3. The Hall–Kier alpha value is -2.81. The molecule has 2 aliphatic heterocycles. The van der Waals surface area contributed by atoms with Crippen molar-refractivity contribution in [3.8, 4) is 5.75 Å². The number of esters is 1. The van der Waals surface area contributed by atoms with Gasteiger partial charge < -0.3 is 23.7 Å². The van der Waals surface area contributed by atoms with E-state index in [-0.39, 0.29) is 28.9 Å². The molecule has 9 heteroatoms. The van der Waals surface area contributed by atoms with E-state index in [4.69, 9.17) is 25.5 Å². The van der Waals surface area contributed by atoms with Crippen molar-refractivity contribution in [1.29, 1.82) is 0 Å². The first kappa shape index (κ1) is 36.0. The summed E-state index contributed by atoms with van der Waals surface area (Å²) in [6.45, 7) is 14.4. The topological polar surface area (TPSA) is 68.3 Å². The van der Waals surface area contributed by atoms with Crippen LogP contribution in [0.1, 0.15) is 81.9 Å². The Kier molecular flexibility index (Phi) is 10.3. The van der Waals surface area contributed by atoms with Gasteiger partial charge in [-0.1, -0.05) is 56.7 Å². The average molecular weight is 707 g/mol. The second-order valence-electron chi connectivity index (χ2n) is 16.5. The number of amides is 1. The first-order chi connectivity index (χ1) is 23.2. The van der Waals surface area contributed by atoms with Crippen LogP contribution < -0.4 is 9.64 Å². The van der Waals surface area contributed by atoms with Crippen molar-refractivity contribution in [3.63, 3.8) is 0 Å². The van der Waals surface area contributed by atoms with Crippen molar-refractivity contribution in [1.82, 2.24) is 4.90 Å². The smallest absolute Gasteiger partial charge is 0.313 e. The third kappa shape index (κ3) is 7.34. The van der Waals surface area contributed by atoms with E-state index >= 15 is 0 Å². The molecule has 4 aliphatic rings. The van der Waals surface area contributed by atoms with Crippen LogP contribution in [-0.4, -0.2) is 71.6 Å². The maximum atomic E-state index is 13.5. The summed E-state index contributed by atoms with van der Waals surface area (Å²) in [4.78, 5) is 31.0. The van der Waals surface area contributed by atoms with Gasteiger partial charge in [-0.15, -0.1) is 0 Å².